The van der Waals surface area contributed by atoms with Crippen molar-refractivity contribution in [2.45, 2.75) is 6.54 Å². The van der Waals surface area contributed by atoms with Crippen LogP contribution in [0.2, 0.25) is 0 Å². The van der Waals surface area contributed by atoms with E-state index in [2.05, 4.69) is 0 Å². The summed E-state index contributed by atoms with van der Waals surface area (Å²) >= 11 is 0. The monoisotopic (exact) mass is 251 g/mol. The molecule has 1 heterocycles. The van der Waals surface area contributed by atoms with Gasteiger partial charge in [-0.1, -0.05) is 12.1 Å². The smallest absolute Gasteiger partial charge is 0.341 e. The minimum absolute atomic E-state index is 0. The van der Waals surface area contributed by atoms with Gasteiger partial charge in [-0.05, 0) is 18.2 Å². The molecule has 0 aliphatic heterocycles. The van der Waals surface area contributed by atoms with Crippen LogP contribution in [0.1, 0.15) is 15.9 Å². The molecule has 94 valence electrons. The number of hydrogen-bond donors (Lipinski definition) is 1. The highest BCUT2D eigenvalue weighted by molar-refractivity contribution is 5.86. The highest BCUT2D eigenvalue weighted by atomic mass is 19.1. The van der Waals surface area contributed by atoms with Gasteiger partial charge in [-0.15, -0.1) is 0 Å². The fourth-order valence-electron chi connectivity index (χ4n) is 1.59. The van der Waals surface area contributed by atoms with Gasteiger partial charge in [-0.25, -0.2) is 9.18 Å². The molecule has 5 heteroatoms. The molecule has 1 aromatic heterocycles. The maximum atomic E-state index is 13.0. The molecule has 0 aliphatic rings. The summed E-state index contributed by atoms with van der Waals surface area (Å²) in [6.45, 7) is 0.443. The summed E-state index contributed by atoms with van der Waals surface area (Å²) < 4.78 is 14.7. The SMILES string of the molecule is O=C(O)c1ccc[n+](Cc2cccc(F)c2)c1.[F-]. The van der Waals surface area contributed by atoms with E-state index in [0.717, 1.165) is 5.56 Å². The summed E-state index contributed by atoms with van der Waals surface area (Å²) in [6, 6.07) is 9.41. The number of aromatic nitrogens is 1. The summed E-state index contributed by atoms with van der Waals surface area (Å²) in [5, 5.41) is 8.85. The maximum Gasteiger partial charge on any atom is 0.341 e. The molecule has 0 amide bonds. The Bertz CT molecular complexity index is 558. The average Bonchev–Trinajstić information content (AvgIpc) is 2.29. The van der Waals surface area contributed by atoms with Crippen molar-refractivity contribution < 1.29 is 23.6 Å². The second-order valence-corrected chi connectivity index (χ2v) is 3.70. The van der Waals surface area contributed by atoms with E-state index >= 15 is 0 Å². The van der Waals surface area contributed by atoms with Crippen LogP contribution in [0, 0.1) is 5.82 Å². The highest BCUT2D eigenvalue weighted by Crippen LogP contribution is 2.03. The van der Waals surface area contributed by atoms with Crippen molar-refractivity contribution in [2.75, 3.05) is 0 Å². The van der Waals surface area contributed by atoms with Crippen LogP contribution in [0.5, 0.6) is 0 Å². The largest absolute Gasteiger partial charge is 1.00 e. The van der Waals surface area contributed by atoms with Crippen LogP contribution in [0.4, 0.5) is 4.39 Å². The van der Waals surface area contributed by atoms with Crippen molar-refractivity contribution in [3.63, 3.8) is 0 Å². The molecule has 3 nitrogen and oxygen atoms in total. The summed E-state index contributed by atoms with van der Waals surface area (Å²) in [5.74, 6) is -1.27. The normalized spacial score (nSPS) is 9.61. The number of rotatable bonds is 3. The van der Waals surface area contributed by atoms with Crippen LogP contribution in [-0.4, -0.2) is 11.1 Å². The Balaban J connectivity index is 0.00000162. The predicted molar refractivity (Wildman–Crippen MR) is 59.1 cm³/mol. The lowest BCUT2D eigenvalue weighted by Crippen LogP contribution is -3.00. The number of hydrogen-bond acceptors (Lipinski definition) is 1. The zero-order chi connectivity index (χ0) is 12.3. The third kappa shape index (κ3) is 3.35. The number of pyridine rings is 1. The van der Waals surface area contributed by atoms with Crippen LogP contribution >= 0.6 is 0 Å². The molecule has 0 fully saturated rings. The number of carboxylic acids is 1. The average molecular weight is 251 g/mol. The molecule has 1 aromatic carbocycles. The molecule has 0 bridgehead atoms. The minimum atomic E-state index is -0.974. The molecule has 2 rings (SSSR count). The first-order valence-corrected chi connectivity index (χ1v) is 5.12. The molecule has 18 heavy (non-hydrogen) atoms. The Morgan fingerprint density at radius 2 is 2.06 bits per heavy atom. The van der Waals surface area contributed by atoms with E-state index < -0.39 is 5.97 Å². The van der Waals surface area contributed by atoms with E-state index in [0.29, 0.717) is 6.54 Å². The second kappa shape index (κ2) is 5.86. The highest BCUT2D eigenvalue weighted by Gasteiger charge is 2.09. The van der Waals surface area contributed by atoms with Crippen molar-refractivity contribution in [1.29, 1.82) is 0 Å². The number of nitrogens with zero attached hydrogens (tertiary/aromatic N) is 1. The second-order valence-electron chi connectivity index (χ2n) is 3.70. The zero-order valence-electron chi connectivity index (χ0n) is 9.38. The van der Waals surface area contributed by atoms with Crippen molar-refractivity contribution >= 4 is 5.97 Å². The zero-order valence-corrected chi connectivity index (χ0v) is 9.38. The maximum absolute atomic E-state index is 13.0. The molecular formula is C13H11F2NO2. The van der Waals surface area contributed by atoms with Crippen LogP contribution in [-0.2, 0) is 6.54 Å². The van der Waals surface area contributed by atoms with E-state index in [9.17, 15) is 9.18 Å². The molecule has 2 aromatic rings. The van der Waals surface area contributed by atoms with Gasteiger partial charge in [0.15, 0.2) is 18.9 Å². The number of carbonyl (C=O) groups is 1. The Morgan fingerprint density at radius 1 is 1.28 bits per heavy atom. The van der Waals surface area contributed by atoms with Gasteiger partial charge in [0.25, 0.3) is 0 Å². The van der Waals surface area contributed by atoms with Gasteiger partial charge in [0, 0.05) is 11.6 Å². The van der Waals surface area contributed by atoms with Gasteiger partial charge >= 0.3 is 5.97 Å². The van der Waals surface area contributed by atoms with E-state index in [4.69, 9.17) is 5.11 Å². The van der Waals surface area contributed by atoms with E-state index in [1.807, 2.05) is 0 Å². The van der Waals surface area contributed by atoms with E-state index in [-0.39, 0.29) is 16.1 Å². The fraction of sp³-hybridized carbons (Fsp3) is 0.0769. The lowest BCUT2D eigenvalue weighted by molar-refractivity contribution is -0.688. The van der Waals surface area contributed by atoms with Gasteiger partial charge in [0.05, 0.1) is 0 Å². The van der Waals surface area contributed by atoms with Crippen LogP contribution in [0.25, 0.3) is 0 Å². The summed E-state index contributed by atoms with van der Waals surface area (Å²) in [4.78, 5) is 10.8. The summed E-state index contributed by atoms with van der Waals surface area (Å²) in [5.41, 5.74) is 1.00. The third-order valence-corrected chi connectivity index (χ3v) is 2.36. The third-order valence-electron chi connectivity index (χ3n) is 2.36. The van der Waals surface area contributed by atoms with Crippen LogP contribution in [0.15, 0.2) is 48.8 Å². The van der Waals surface area contributed by atoms with Gasteiger partial charge in [0.1, 0.15) is 11.4 Å². The molecule has 1 N–H and O–H groups in total. The van der Waals surface area contributed by atoms with E-state index in [1.54, 1.807) is 29.0 Å². The van der Waals surface area contributed by atoms with Crippen LogP contribution < -0.4 is 9.27 Å². The molecule has 0 saturated carbocycles. The number of benzene rings is 1. The van der Waals surface area contributed by atoms with Gasteiger partial charge in [-0.3, -0.25) is 0 Å². The Morgan fingerprint density at radius 3 is 2.72 bits per heavy atom. The van der Waals surface area contributed by atoms with Crippen molar-refractivity contribution in [1.82, 2.24) is 0 Å². The molecule has 0 atom stereocenters. The number of aromatic carboxylic acids is 1. The molecule has 0 spiro atoms. The minimum Gasteiger partial charge on any atom is -1.00 e. The number of halogens is 2. The molecule has 0 saturated heterocycles. The Kier molecular flexibility index (Phi) is 4.48. The predicted octanol–water partition coefficient (Wildman–Crippen LogP) is -1.14. The van der Waals surface area contributed by atoms with E-state index in [1.165, 1.54) is 24.4 Å². The topological polar surface area (TPSA) is 41.2 Å². The van der Waals surface area contributed by atoms with Gasteiger partial charge in [-0.2, -0.15) is 4.57 Å². The van der Waals surface area contributed by atoms with Gasteiger partial charge < -0.3 is 9.81 Å². The first kappa shape index (κ1) is 13.8. The quantitative estimate of drug-likeness (QED) is 0.701. The lowest BCUT2D eigenvalue weighted by Gasteiger charge is -1.99. The first-order valence-electron chi connectivity index (χ1n) is 5.12. The summed E-state index contributed by atoms with van der Waals surface area (Å²) in [6.07, 6.45) is 3.27. The van der Waals surface area contributed by atoms with Crippen molar-refractivity contribution in [3.05, 3.63) is 65.7 Å². The molecule has 0 radical (unpaired) electrons. The lowest BCUT2D eigenvalue weighted by atomic mass is 10.2. The molecule has 0 unspecified atom stereocenters. The summed E-state index contributed by atoms with van der Waals surface area (Å²) in [7, 11) is 0. The number of carboxylic acid groups (broad SMARTS) is 1. The Labute approximate surface area is 102 Å². The first-order chi connectivity index (χ1) is 8.15. The fourth-order valence-corrected chi connectivity index (χ4v) is 1.59. The van der Waals surface area contributed by atoms with Crippen LogP contribution in [0.3, 0.4) is 0 Å². The Hall–Kier alpha value is -2.30. The molecular weight excluding hydrogens is 240 g/mol. The molecule has 0 aliphatic carbocycles. The van der Waals surface area contributed by atoms with Crippen molar-refractivity contribution in [3.8, 4) is 0 Å². The van der Waals surface area contributed by atoms with Crippen molar-refractivity contribution in [2.24, 2.45) is 0 Å². The van der Waals surface area contributed by atoms with Gasteiger partial charge in [0.2, 0.25) is 0 Å². The standard InChI is InChI=1S/C13H10FNO2.FH/c14-12-5-1-3-10(7-12)8-15-6-2-4-11(9-15)13(16)17;/h1-7,9H,8H2;1H.